The summed E-state index contributed by atoms with van der Waals surface area (Å²) in [5.41, 5.74) is 27.6. The summed E-state index contributed by atoms with van der Waals surface area (Å²) in [6, 6.07) is 49.8. The van der Waals surface area contributed by atoms with Crippen LogP contribution in [-0.4, -0.2) is 188 Å². The number of amides is 4. The molecule has 4 saturated heterocycles. The van der Waals surface area contributed by atoms with Crippen LogP contribution in [0.3, 0.4) is 0 Å². The van der Waals surface area contributed by atoms with Crippen LogP contribution in [0.5, 0.6) is 0 Å². The van der Waals surface area contributed by atoms with Gasteiger partial charge in [0, 0.05) is 141 Å². The lowest BCUT2D eigenvalue weighted by Crippen LogP contribution is -2.32. The van der Waals surface area contributed by atoms with E-state index in [-0.39, 0.29) is 29.6 Å². The van der Waals surface area contributed by atoms with Crippen molar-refractivity contribution in [1.29, 1.82) is 0 Å². The van der Waals surface area contributed by atoms with E-state index in [1.165, 1.54) is 31.0 Å². The average Bonchev–Trinajstić information content (AvgIpc) is 1.42. The number of anilines is 10. The lowest BCUT2D eigenvalue weighted by Gasteiger charge is -2.35. The number of carboxylic acids is 1. The molecule has 6 aromatic carbocycles. The summed E-state index contributed by atoms with van der Waals surface area (Å²) in [4.78, 5) is 97.7. The van der Waals surface area contributed by atoms with Crippen molar-refractivity contribution >= 4 is 180 Å². The van der Waals surface area contributed by atoms with Gasteiger partial charge in [-0.05, 0) is 327 Å². The molecule has 34 nitrogen and oxygen atoms in total. The molecule has 0 bridgehead atoms. The number of ether oxygens (including phenoxy) is 5. The molecule has 14 aromatic rings. The van der Waals surface area contributed by atoms with Gasteiger partial charge in [-0.2, -0.15) is 0 Å². The Hall–Kier alpha value is -13.9. The summed E-state index contributed by atoms with van der Waals surface area (Å²) < 4.78 is 38.8. The highest BCUT2D eigenvalue weighted by atomic mass is 79.9. The van der Waals surface area contributed by atoms with E-state index in [9.17, 15) is 38.7 Å². The number of nitrogens with two attached hydrogens (primary N) is 1. The number of hydrogen-bond acceptors (Lipinski definition) is 26. The molecule has 15 heterocycles. The first kappa shape index (κ1) is 109. The number of benzene rings is 6. The zero-order chi connectivity index (χ0) is 108. The van der Waals surface area contributed by atoms with E-state index in [4.69, 9.17) is 29.4 Å². The van der Waals surface area contributed by atoms with Crippen LogP contribution in [0.15, 0.2) is 165 Å². The van der Waals surface area contributed by atoms with Gasteiger partial charge in [0.1, 0.15) is 19.6 Å². The highest BCUT2D eigenvalue weighted by Gasteiger charge is 2.43. The third-order valence-electron chi connectivity index (χ3n) is 27.2. The Morgan fingerprint density at radius 3 is 0.920 bits per heavy atom. The Morgan fingerprint density at radius 1 is 0.353 bits per heavy atom. The van der Waals surface area contributed by atoms with E-state index in [1.807, 2.05) is 100 Å². The number of aliphatic carboxylic acids is 1. The molecule has 4 amide bonds. The van der Waals surface area contributed by atoms with Crippen LogP contribution in [-0.2, 0) is 76.9 Å². The van der Waals surface area contributed by atoms with Crippen molar-refractivity contribution in [2.75, 3.05) is 100 Å². The molecule has 784 valence electrons. The van der Waals surface area contributed by atoms with Gasteiger partial charge in [-0.1, -0.05) is 89.5 Å². The fraction of sp³-hybridized carbons (Fsp3) is 0.389. The maximum Gasteiger partial charge on any atom is 0.339 e. The van der Waals surface area contributed by atoms with Crippen LogP contribution in [0.25, 0.3) is 66.1 Å². The van der Waals surface area contributed by atoms with Gasteiger partial charge in [0.05, 0.1) is 64.6 Å². The second kappa shape index (κ2) is 45.5. The van der Waals surface area contributed by atoms with Crippen LogP contribution in [0, 0.1) is 62.3 Å². The molecule has 37 heteroatoms. The molecule has 0 saturated carbocycles. The van der Waals surface area contributed by atoms with Crippen molar-refractivity contribution in [2.45, 2.75) is 231 Å². The Balaban J connectivity index is 0.000000139. The molecule has 8 aromatic heterocycles. The zero-order valence-corrected chi connectivity index (χ0v) is 93.2. The number of aryl methyl sites for hydroxylation is 6. The molecule has 0 spiro atoms. The molecule has 150 heavy (non-hydrogen) atoms. The van der Waals surface area contributed by atoms with E-state index in [2.05, 4.69) is 267 Å². The maximum absolute atomic E-state index is 13.5. The number of esters is 2. The van der Waals surface area contributed by atoms with Crippen LogP contribution in [0.2, 0.25) is 0 Å². The van der Waals surface area contributed by atoms with Crippen molar-refractivity contribution in [3.8, 4) is 33.4 Å². The molecule has 0 aliphatic carbocycles. The predicted molar refractivity (Wildman–Crippen MR) is 594 cm³/mol. The van der Waals surface area contributed by atoms with Gasteiger partial charge in [-0.25, -0.2) is 14.4 Å². The number of methoxy groups -OCH3 is 2. The van der Waals surface area contributed by atoms with Gasteiger partial charge < -0.3 is 63.3 Å². The van der Waals surface area contributed by atoms with Crippen molar-refractivity contribution in [3.63, 3.8) is 0 Å². The lowest BCUT2D eigenvalue weighted by atomic mass is 9.87. The molecule has 4 fully saturated rings. The third kappa shape index (κ3) is 23.6. The molecule has 3 atom stereocenters. The number of nitrogens with one attached hydrogen (secondary N) is 1. The first-order valence-electron chi connectivity index (χ1n) is 50.4. The summed E-state index contributed by atoms with van der Waals surface area (Å²) in [6.45, 7) is 43.4. The van der Waals surface area contributed by atoms with Crippen molar-refractivity contribution in [1.82, 2.24) is 64.7 Å². The molecule has 21 rings (SSSR count). The Kier molecular flexibility index (Phi) is 33.0. The number of aromatic nitrogens is 13. The summed E-state index contributed by atoms with van der Waals surface area (Å²) >= 11 is 9.50. The average molecular weight is 2230 g/mol. The predicted octanol–water partition coefficient (Wildman–Crippen LogP) is 21.8. The van der Waals surface area contributed by atoms with Crippen molar-refractivity contribution in [3.05, 3.63) is 233 Å². The van der Waals surface area contributed by atoms with E-state index in [0.29, 0.717) is 112 Å². The highest BCUT2D eigenvalue weighted by molar-refractivity contribution is 9.11. The first-order valence-corrected chi connectivity index (χ1v) is 52.8. The van der Waals surface area contributed by atoms with Crippen LogP contribution in [0.4, 0.5) is 57.8 Å². The fourth-order valence-electron chi connectivity index (χ4n) is 20.5. The topological polar surface area (TPSA) is 387 Å². The summed E-state index contributed by atoms with van der Waals surface area (Å²) in [5.74, 6) is 2.74. The minimum atomic E-state index is -1.19. The first-order chi connectivity index (χ1) is 71.4. The molecule has 0 radical (unpaired) electrons. The summed E-state index contributed by atoms with van der Waals surface area (Å²) in [6.07, 6.45) is 2.82. The van der Waals surface area contributed by atoms with E-state index < -0.39 is 47.1 Å². The molecule has 4 N–H and O–H groups in total. The number of rotatable bonds is 18. The van der Waals surface area contributed by atoms with Gasteiger partial charge in [0.2, 0.25) is 23.6 Å². The maximum atomic E-state index is 13.5. The number of halogens is 3. The largest absolute Gasteiger partial charge is 0.479 e. The number of nitrogens with zero attached hydrogens (tertiary/aromatic N) is 19. The van der Waals surface area contributed by atoms with Gasteiger partial charge in [-0.15, -0.1) is 51.0 Å². The van der Waals surface area contributed by atoms with Crippen molar-refractivity contribution < 1.29 is 62.4 Å². The molecule has 7 aliphatic rings. The SMILES string of the molecule is COC(=O)[C@@H](OC(C)(C)C)c1c(C)c2c3c(cc(C)n3CCN2)c1-c1ccc(C)cc1.COC(=O)[C@@H](OC(C)(C)C)c1c(C)c2c3c(cc(C)n3CCN2c2ccc(N3CCCC3=O)nn2)c1-c1ccc(C)cc1.Cc1ccc(-c2c([C@H](OC(C)(C)C)C(=O)O)c(C)c3c4c2cc(C)n4CCN3c2ccc(N3CCCC3=O)nn2)cc1.Nc1ccc(Br)nn1.O=C1CCCN1c1ccc(Br)nn1.O=C1CCCN1c1ccc(Br)nn1. The number of carbonyl (C=O) groups excluding carboxylic acids is 6. The van der Waals surface area contributed by atoms with Gasteiger partial charge in [0.25, 0.3) is 0 Å². The Labute approximate surface area is 897 Å². The molecular weight excluding hydrogens is 2100 g/mol. The second-order valence-corrected chi connectivity index (χ2v) is 43.7. The number of carbonyl (C=O) groups is 7. The van der Waals surface area contributed by atoms with Gasteiger partial charge >= 0.3 is 17.9 Å². The monoisotopic (exact) mass is 2220 g/mol. The Bertz CT molecular complexity index is 7320. The smallest absolute Gasteiger partial charge is 0.339 e. The lowest BCUT2D eigenvalue weighted by molar-refractivity contribution is -0.164. The minimum Gasteiger partial charge on any atom is -0.479 e. The minimum absolute atomic E-state index is 0.0655. The second-order valence-electron chi connectivity index (χ2n) is 41.3. The highest BCUT2D eigenvalue weighted by Crippen LogP contribution is 2.54. The van der Waals surface area contributed by atoms with E-state index in [1.54, 1.807) is 56.0 Å². The van der Waals surface area contributed by atoms with Gasteiger partial charge in [0.15, 0.2) is 53.2 Å². The zero-order valence-electron chi connectivity index (χ0n) is 88.4. The summed E-state index contributed by atoms with van der Waals surface area (Å²) in [7, 11) is 2.82. The molecule has 0 unspecified atom stereocenters. The third-order valence-corrected chi connectivity index (χ3v) is 28.4. The Morgan fingerprint density at radius 2 is 0.640 bits per heavy atom. The van der Waals surface area contributed by atoms with Gasteiger partial charge in [-0.3, -0.25) is 38.8 Å². The quantitative estimate of drug-likeness (QED) is 0.0672. The van der Waals surface area contributed by atoms with Crippen LogP contribution >= 0.6 is 47.8 Å². The fourth-order valence-corrected chi connectivity index (χ4v) is 21.1. The summed E-state index contributed by atoms with van der Waals surface area (Å²) in [5, 5.41) is 58.1. The number of hydrogen-bond donors (Lipinski definition) is 3. The standard InChI is InChI=1S/C34H39N5O4.C33H37N5O4.C26H32N2O3.2C8H8BrN3O.C4H4BrN3/c1-20-10-12-23(13-11-20)29-24-19-21(2)37-17-18-39(26-15-14-25(35-36-26)38-16-8-9-27(38)40)30(31(24)37)22(3)28(29)32(33(41)42-7)43-34(4,5)6;1-19-9-11-22(12-10-19)28-23-18-20(2)36-16-17-38(25-14-13-24(34-35-25)37-15-7-8-26(37)39)29(30(23)36)21(3)27(28)31(32(40)41)42-33(4,5)6;1-15-8-10-18(11-9-15)21-19-14-16(2)28-13-12-27-22(23(19)28)17(3)20(21)24(25(29)30-7)31-26(4,5)6;2*9-6-3-4-7(11-10-6)12-5-1-2-8(12)13;5-3-1-2-4(6)8-7-3/h10-15,19,32H,8-9,16-18H2,1-7H3;9-14,18,31H,7-8,15-17H2,1-6H3,(H,40,41);8-11,14,24,27H,12-13H2,1-7H3;2*3-4H,1-2,5H2;1-2H,(H2,6,8)/t32-;31-;24-;;;/m000.../s1. The molecule has 7 aliphatic heterocycles. The normalized spacial score (nSPS) is 15.4. The number of carboxylic acid groups (broad SMARTS) is 1. The van der Waals surface area contributed by atoms with Crippen molar-refractivity contribution in [2.24, 2.45) is 0 Å². The van der Waals surface area contributed by atoms with E-state index in [0.717, 1.165) is 193 Å². The molecular formula is C113H128Br3N21O13. The number of nitrogen functional groups attached to an aromatic ring is 1. The van der Waals surface area contributed by atoms with Crippen LogP contribution < -0.4 is 40.4 Å². The van der Waals surface area contributed by atoms with E-state index >= 15 is 0 Å². The van der Waals surface area contributed by atoms with Crippen LogP contribution in [0.1, 0.15) is 199 Å².